The van der Waals surface area contributed by atoms with E-state index in [1.54, 1.807) is 0 Å². The third kappa shape index (κ3) is 3.76. The second-order valence-electron chi connectivity index (χ2n) is 7.81. The number of anilines is 1. The number of fused-ring (bicyclic) bond motifs is 2. The fraction of sp³-hybridized carbons (Fsp3) is 0.500. The van der Waals surface area contributed by atoms with Gasteiger partial charge in [-0.15, -0.1) is 11.3 Å². The van der Waals surface area contributed by atoms with Crippen LogP contribution in [-0.2, 0) is 28.0 Å². The minimum Gasteiger partial charge on any atom is -0.378 e. The van der Waals surface area contributed by atoms with Crippen molar-refractivity contribution in [3.63, 3.8) is 0 Å². The molecule has 5 heteroatoms. The van der Waals surface area contributed by atoms with Gasteiger partial charge in [0.05, 0.1) is 6.61 Å². The zero-order chi connectivity index (χ0) is 18.9. The number of aryl methyl sites for hydroxylation is 1. The summed E-state index contributed by atoms with van der Waals surface area (Å²) in [5, 5.41) is 2.18. The van der Waals surface area contributed by atoms with Crippen molar-refractivity contribution in [2.75, 3.05) is 38.7 Å². The van der Waals surface area contributed by atoms with Crippen molar-refractivity contribution in [1.29, 1.82) is 0 Å². The Hall–Kier alpha value is -1.85. The van der Waals surface area contributed by atoms with Crippen LogP contribution in [-0.4, -0.2) is 44.6 Å². The Morgan fingerprint density at radius 3 is 2.63 bits per heavy atom. The molecule has 0 saturated carbocycles. The Morgan fingerprint density at radius 2 is 1.93 bits per heavy atom. The van der Waals surface area contributed by atoms with Crippen molar-refractivity contribution in [2.24, 2.45) is 0 Å². The summed E-state index contributed by atoms with van der Waals surface area (Å²) in [6.07, 6.45) is 4.25. The van der Waals surface area contributed by atoms with Crippen LogP contribution < -0.4 is 4.90 Å². The predicted molar refractivity (Wildman–Crippen MR) is 111 cm³/mol. The molecule has 27 heavy (non-hydrogen) atoms. The van der Waals surface area contributed by atoms with Gasteiger partial charge in [0, 0.05) is 44.2 Å². The molecule has 3 heterocycles. The zero-order valence-corrected chi connectivity index (χ0v) is 17.1. The molecule has 0 unspecified atom stereocenters. The highest BCUT2D eigenvalue weighted by Gasteiger charge is 2.42. The van der Waals surface area contributed by atoms with Gasteiger partial charge in [-0.3, -0.25) is 4.79 Å². The molecule has 2 aliphatic heterocycles. The highest BCUT2D eigenvalue weighted by atomic mass is 32.1. The summed E-state index contributed by atoms with van der Waals surface area (Å²) in [6.45, 7) is 2.41. The van der Waals surface area contributed by atoms with E-state index in [1.807, 2.05) is 30.3 Å². The van der Waals surface area contributed by atoms with Gasteiger partial charge in [-0.25, -0.2) is 0 Å². The van der Waals surface area contributed by atoms with Gasteiger partial charge in [0.1, 0.15) is 5.60 Å². The van der Waals surface area contributed by atoms with Crippen LogP contribution in [0.1, 0.15) is 35.3 Å². The molecule has 144 valence electrons. The van der Waals surface area contributed by atoms with Gasteiger partial charge in [0.15, 0.2) is 0 Å². The summed E-state index contributed by atoms with van der Waals surface area (Å²) in [5.41, 5.74) is 3.72. The molecule has 4 rings (SSSR count). The molecular weight excluding hydrogens is 356 g/mol. The molecule has 1 saturated heterocycles. The van der Waals surface area contributed by atoms with Gasteiger partial charge in [-0.1, -0.05) is 12.1 Å². The fourth-order valence-corrected chi connectivity index (χ4v) is 5.38. The minimum atomic E-state index is -0.138. The van der Waals surface area contributed by atoms with Crippen molar-refractivity contribution in [1.82, 2.24) is 4.90 Å². The molecule has 0 atom stereocenters. The van der Waals surface area contributed by atoms with Crippen molar-refractivity contribution in [3.05, 3.63) is 51.7 Å². The van der Waals surface area contributed by atoms with E-state index in [-0.39, 0.29) is 11.5 Å². The second kappa shape index (κ2) is 7.64. The number of piperidine rings is 1. The summed E-state index contributed by atoms with van der Waals surface area (Å²) in [4.78, 5) is 18.2. The van der Waals surface area contributed by atoms with Gasteiger partial charge in [0.2, 0.25) is 5.91 Å². The molecule has 1 aromatic heterocycles. The first-order valence-electron chi connectivity index (χ1n) is 9.82. The summed E-state index contributed by atoms with van der Waals surface area (Å²) >= 11 is 1.82. The highest BCUT2D eigenvalue weighted by Crippen LogP contribution is 2.44. The van der Waals surface area contributed by atoms with Crippen LogP contribution >= 0.6 is 11.3 Å². The first kappa shape index (κ1) is 18.5. The van der Waals surface area contributed by atoms with E-state index in [0.717, 1.165) is 45.4 Å². The average Bonchev–Trinajstić information content (AvgIpc) is 3.18. The number of rotatable bonds is 4. The van der Waals surface area contributed by atoms with Gasteiger partial charge in [-0.2, -0.15) is 0 Å². The SMILES string of the molecule is CN(C)c1ccc(CCC(=O)N2CCC3(CC2)OCCc2ccsc23)cc1. The highest BCUT2D eigenvalue weighted by molar-refractivity contribution is 7.10. The standard InChI is InChI=1S/C22H28N2O2S/c1-23(2)19-6-3-17(4-7-19)5-8-20(25)24-13-11-22(12-14-24)21-18(9-15-26-22)10-16-27-21/h3-4,6-7,10,16H,5,8-9,11-15H2,1-2H3. The summed E-state index contributed by atoms with van der Waals surface area (Å²) < 4.78 is 6.25. The minimum absolute atomic E-state index is 0.138. The number of nitrogens with zero attached hydrogens (tertiary/aromatic N) is 2. The number of thiophene rings is 1. The van der Waals surface area contributed by atoms with Crippen LogP contribution in [0.25, 0.3) is 0 Å². The Balaban J connectivity index is 1.32. The van der Waals surface area contributed by atoms with Gasteiger partial charge in [-0.05, 0) is 60.4 Å². The number of hydrogen-bond donors (Lipinski definition) is 0. The largest absolute Gasteiger partial charge is 0.378 e. The first-order chi connectivity index (χ1) is 13.1. The quantitative estimate of drug-likeness (QED) is 0.803. The summed E-state index contributed by atoms with van der Waals surface area (Å²) in [7, 11) is 4.08. The maximum Gasteiger partial charge on any atom is 0.222 e. The molecule has 1 aromatic carbocycles. The van der Waals surface area contributed by atoms with Crippen LogP contribution in [0.15, 0.2) is 35.7 Å². The molecular formula is C22H28N2O2S. The molecule has 0 aliphatic carbocycles. The molecule has 0 bridgehead atoms. The normalized spacial score (nSPS) is 18.4. The molecule has 4 nitrogen and oxygen atoms in total. The first-order valence-corrected chi connectivity index (χ1v) is 10.7. The molecule has 1 fully saturated rings. The lowest BCUT2D eigenvalue weighted by molar-refractivity contribution is -0.140. The smallest absolute Gasteiger partial charge is 0.222 e. The summed E-state index contributed by atoms with van der Waals surface area (Å²) in [5.74, 6) is 0.267. The maximum atomic E-state index is 12.7. The van der Waals surface area contributed by atoms with Crippen LogP contribution in [0, 0.1) is 0 Å². The fourth-order valence-electron chi connectivity index (χ4n) is 4.21. The van der Waals surface area contributed by atoms with Crippen LogP contribution in [0.3, 0.4) is 0 Å². The van der Waals surface area contributed by atoms with E-state index in [9.17, 15) is 4.79 Å². The van der Waals surface area contributed by atoms with Gasteiger partial charge in [0.25, 0.3) is 0 Å². The van der Waals surface area contributed by atoms with Crippen LogP contribution in [0.4, 0.5) is 5.69 Å². The third-order valence-electron chi connectivity index (χ3n) is 5.91. The number of carbonyl (C=O) groups excluding carboxylic acids is 1. The van der Waals surface area contributed by atoms with E-state index in [2.05, 4.69) is 40.6 Å². The zero-order valence-electron chi connectivity index (χ0n) is 16.2. The van der Waals surface area contributed by atoms with E-state index < -0.39 is 0 Å². The van der Waals surface area contributed by atoms with E-state index in [0.29, 0.717) is 6.42 Å². The van der Waals surface area contributed by atoms with Crippen LogP contribution in [0.2, 0.25) is 0 Å². The Kier molecular flexibility index (Phi) is 5.24. The van der Waals surface area contributed by atoms with Crippen molar-refractivity contribution in [2.45, 2.75) is 37.7 Å². The monoisotopic (exact) mass is 384 g/mol. The van der Waals surface area contributed by atoms with Crippen LogP contribution in [0.5, 0.6) is 0 Å². The van der Waals surface area contributed by atoms with Crippen molar-refractivity contribution >= 4 is 22.9 Å². The van der Waals surface area contributed by atoms with Crippen molar-refractivity contribution in [3.8, 4) is 0 Å². The number of likely N-dealkylation sites (tertiary alicyclic amines) is 1. The van der Waals surface area contributed by atoms with Gasteiger partial charge >= 0.3 is 0 Å². The van der Waals surface area contributed by atoms with Crippen molar-refractivity contribution < 1.29 is 9.53 Å². The number of benzene rings is 1. The maximum absolute atomic E-state index is 12.7. The Morgan fingerprint density at radius 1 is 1.19 bits per heavy atom. The summed E-state index contributed by atoms with van der Waals surface area (Å²) in [6, 6.07) is 10.7. The number of amides is 1. The lowest BCUT2D eigenvalue weighted by Gasteiger charge is -2.43. The molecule has 2 aromatic rings. The molecule has 2 aliphatic rings. The lowest BCUT2D eigenvalue weighted by Crippen LogP contribution is -2.47. The Labute approximate surface area is 165 Å². The molecule has 0 radical (unpaired) electrons. The topological polar surface area (TPSA) is 32.8 Å². The lowest BCUT2D eigenvalue weighted by atomic mass is 9.85. The number of hydrogen-bond acceptors (Lipinski definition) is 4. The number of carbonyl (C=O) groups is 1. The Bertz CT molecular complexity index is 789. The molecule has 1 amide bonds. The third-order valence-corrected chi connectivity index (χ3v) is 7.06. The molecule has 0 N–H and O–H groups in total. The number of ether oxygens (including phenoxy) is 1. The second-order valence-corrected chi connectivity index (χ2v) is 8.73. The van der Waals surface area contributed by atoms with Gasteiger partial charge < -0.3 is 14.5 Å². The van der Waals surface area contributed by atoms with E-state index in [4.69, 9.17) is 4.74 Å². The average molecular weight is 385 g/mol. The van der Waals surface area contributed by atoms with E-state index >= 15 is 0 Å². The predicted octanol–water partition coefficient (Wildman–Crippen LogP) is 3.84. The van der Waals surface area contributed by atoms with E-state index in [1.165, 1.54) is 21.7 Å². The molecule has 1 spiro atoms.